The third-order valence-corrected chi connectivity index (χ3v) is 1.78. The van der Waals surface area contributed by atoms with Gasteiger partial charge < -0.3 is 15.7 Å². The van der Waals surface area contributed by atoms with Crippen molar-refractivity contribution in [3.63, 3.8) is 0 Å². The summed E-state index contributed by atoms with van der Waals surface area (Å²) in [7, 11) is 0. The van der Waals surface area contributed by atoms with Gasteiger partial charge in [-0.25, -0.2) is 9.59 Å². The Bertz CT molecular complexity index is 214. The number of aliphatic carboxylic acids is 1. The van der Waals surface area contributed by atoms with Crippen molar-refractivity contribution in [2.75, 3.05) is 6.54 Å². The monoisotopic (exact) mass is 202 g/mol. The van der Waals surface area contributed by atoms with Gasteiger partial charge in [-0.05, 0) is 20.3 Å². The molecule has 5 heteroatoms. The number of carbonyl (C=O) groups excluding carboxylic acids is 1. The van der Waals surface area contributed by atoms with Gasteiger partial charge in [-0.15, -0.1) is 0 Å². The molecule has 0 atom stereocenters. The van der Waals surface area contributed by atoms with Crippen molar-refractivity contribution < 1.29 is 14.7 Å². The van der Waals surface area contributed by atoms with E-state index in [0.29, 0.717) is 6.54 Å². The molecule has 0 saturated carbocycles. The molecule has 82 valence electrons. The first kappa shape index (κ1) is 12.7. The Labute approximate surface area is 83.9 Å². The van der Waals surface area contributed by atoms with Crippen LogP contribution in [0.4, 0.5) is 4.79 Å². The van der Waals surface area contributed by atoms with Crippen molar-refractivity contribution >= 4 is 12.0 Å². The van der Waals surface area contributed by atoms with Gasteiger partial charge in [0.15, 0.2) is 0 Å². The van der Waals surface area contributed by atoms with E-state index in [1.807, 2.05) is 6.92 Å². The third kappa shape index (κ3) is 4.69. The molecule has 3 N–H and O–H groups in total. The van der Waals surface area contributed by atoms with E-state index in [9.17, 15) is 9.59 Å². The SMILES string of the molecule is CCCCNC(=O)NC(C)(C)C(=O)O. The zero-order valence-corrected chi connectivity index (χ0v) is 8.89. The summed E-state index contributed by atoms with van der Waals surface area (Å²) >= 11 is 0. The Morgan fingerprint density at radius 3 is 2.36 bits per heavy atom. The second kappa shape index (κ2) is 5.47. The number of rotatable bonds is 5. The second-order valence-corrected chi connectivity index (χ2v) is 3.66. The molecule has 5 nitrogen and oxygen atoms in total. The zero-order valence-electron chi connectivity index (χ0n) is 8.89. The molecule has 0 aliphatic carbocycles. The van der Waals surface area contributed by atoms with Crippen LogP contribution in [0.25, 0.3) is 0 Å². The first-order valence-corrected chi connectivity index (χ1v) is 4.69. The predicted octanol–water partition coefficient (Wildman–Crippen LogP) is 0.949. The van der Waals surface area contributed by atoms with Crippen molar-refractivity contribution in [3.8, 4) is 0 Å². The van der Waals surface area contributed by atoms with Gasteiger partial charge in [0.2, 0.25) is 0 Å². The summed E-state index contributed by atoms with van der Waals surface area (Å²) in [4.78, 5) is 21.8. The van der Waals surface area contributed by atoms with Gasteiger partial charge in [0.25, 0.3) is 0 Å². The quantitative estimate of drug-likeness (QED) is 0.581. The smallest absolute Gasteiger partial charge is 0.328 e. The van der Waals surface area contributed by atoms with E-state index in [1.54, 1.807) is 0 Å². The highest BCUT2D eigenvalue weighted by Crippen LogP contribution is 2.00. The number of carbonyl (C=O) groups is 2. The van der Waals surface area contributed by atoms with Crippen LogP contribution in [0.2, 0.25) is 0 Å². The molecule has 2 amide bonds. The summed E-state index contributed by atoms with van der Waals surface area (Å²) in [6.45, 7) is 5.46. The predicted molar refractivity (Wildman–Crippen MR) is 53.2 cm³/mol. The molecular formula is C9H18N2O3. The molecule has 0 rings (SSSR count). The lowest BCUT2D eigenvalue weighted by Crippen LogP contribution is -2.53. The molecule has 14 heavy (non-hydrogen) atoms. The Kier molecular flexibility index (Phi) is 4.97. The number of nitrogens with one attached hydrogen (secondary N) is 2. The minimum Gasteiger partial charge on any atom is -0.480 e. The van der Waals surface area contributed by atoms with Crippen LogP contribution in [0.5, 0.6) is 0 Å². The van der Waals surface area contributed by atoms with Gasteiger partial charge in [-0.1, -0.05) is 13.3 Å². The van der Waals surface area contributed by atoms with Crippen LogP contribution in [0.1, 0.15) is 33.6 Å². The van der Waals surface area contributed by atoms with Gasteiger partial charge in [-0.2, -0.15) is 0 Å². The van der Waals surface area contributed by atoms with E-state index < -0.39 is 17.5 Å². The van der Waals surface area contributed by atoms with Crippen LogP contribution >= 0.6 is 0 Å². The Morgan fingerprint density at radius 1 is 1.36 bits per heavy atom. The normalized spacial score (nSPS) is 10.8. The molecule has 0 aromatic rings. The number of hydrogen-bond acceptors (Lipinski definition) is 2. The van der Waals surface area contributed by atoms with Crippen LogP contribution < -0.4 is 10.6 Å². The highest BCUT2D eigenvalue weighted by atomic mass is 16.4. The first-order chi connectivity index (χ1) is 6.40. The van der Waals surface area contributed by atoms with E-state index >= 15 is 0 Å². The van der Waals surface area contributed by atoms with Crippen LogP contribution in [-0.2, 0) is 4.79 Å². The number of unbranched alkanes of at least 4 members (excludes halogenated alkanes) is 1. The zero-order chi connectivity index (χ0) is 11.2. The Hall–Kier alpha value is -1.26. The Morgan fingerprint density at radius 2 is 1.93 bits per heavy atom. The fourth-order valence-electron chi connectivity index (χ4n) is 0.760. The van der Waals surface area contributed by atoms with Crippen LogP contribution in [0.15, 0.2) is 0 Å². The highest BCUT2D eigenvalue weighted by molar-refractivity contribution is 5.85. The average Bonchev–Trinajstić information content (AvgIpc) is 2.03. The average molecular weight is 202 g/mol. The van der Waals surface area contributed by atoms with E-state index in [4.69, 9.17) is 5.11 Å². The lowest BCUT2D eigenvalue weighted by molar-refractivity contribution is -0.142. The van der Waals surface area contributed by atoms with Gasteiger partial charge in [0.1, 0.15) is 5.54 Å². The Balaban J connectivity index is 3.88. The molecule has 0 radical (unpaired) electrons. The topological polar surface area (TPSA) is 78.4 Å². The molecular weight excluding hydrogens is 184 g/mol. The molecule has 0 bridgehead atoms. The molecule has 0 aliphatic heterocycles. The lowest BCUT2D eigenvalue weighted by Gasteiger charge is -2.21. The molecule has 0 aromatic carbocycles. The van der Waals surface area contributed by atoms with E-state index in [0.717, 1.165) is 12.8 Å². The van der Waals surface area contributed by atoms with Gasteiger partial charge in [0, 0.05) is 6.54 Å². The van der Waals surface area contributed by atoms with Crippen molar-refractivity contribution in [1.29, 1.82) is 0 Å². The molecule has 0 heterocycles. The van der Waals surface area contributed by atoms with Crippen molar-refractivity contribution in [1.82, 2.24) is 10.6 Å². The number of carboxylic acid groups (broad SMARTS) is 1. The minimum absolute atomic E-state index is 0.439. The van der Waals surface area contributed by atoms with Gasteiger partial charge >= 0.3 is 12.0 Å². The summed E-state index contributed by atoms with van der Waals surface area (Å²) < 4.78 is 0. The maximum atomic E-state index is 11.2. The maximum absolute atomic E-state index is 11.2. The standard InChI is InChI=1S/C9H18N2O3/c1-4-5-6-10-8(14)11-9(2,3)7(12)13/h4-6H2,1-3H3,(H,12,13)(H2,10,11,14). The number of amides is 2. The van der Waals surface area contributed by atoms with E-state index in [1.165, 1.54) is 13.8 Å². The fourth-order valence-corrected chi connectivity index (χ4v) is 0.760. The number of carboxylic acids is 1. The van der Waals surface area contributed by atoms with Crippen LogP contribution in [0, 0.1) is 0 Å². The van der Waals surface area contributed by atoms with Crippen molar-refractivity contribution in [2.24, 2.45) is 0 Å². The first-order valence-electron chi connectivity index (χ1n) is 4.69. The molecule has 0 spiro atoms. The van der Waals surface area contributed by atoms with E-state index in [-0.39, 0.29) is 0 Å². The summed E-state index contributed by atoms with van der Waals surface area (Å²) in [5.41, 5.74) is -1.23. The molecule has 0 aliphatic rings. The third-order valence-electron chi connectivity index (χ3n) is 1.78. The summed E-state index contributed by atoms with van der Waals surface area (Å²) in [5, 5.41) is 13.7. The lowest BCUT2D eigenvalue weighted by atomic mass is 10.1. The summed E-state index contributed by atoms with van der Waals surface area (Å²) in [6, 6.07) is -0.439. The number of urea groups is 1. The second-order valence-electron chi connectivity index (χ2n) is 3.66. The van der Waals surface area contributed by atoms with Crippen LogP contribution in [0.3, 0.4) is 0 Å². The van der Waals surface area contributed by atoms with Crippen molar-refractivity contribution in [3.05, 3.63) is 0 Å². The van der Waals surface area contributed by atoms with E-state index in [2.05, 4.69) is 10.6 Å². The fraction of sp³-hybridized carbons (Fsp3) is 0.778. The van der Waals surface area contributed by atoms with Gasteiger partial charge in [-0.3, -0.25) is 0 Å². The minimum atomic E-state index is -1.23. The summed E-state index contributed by atoms with van der Waals surface area (Å²) in [5.74, 6) is -1.05. The molecule has 0 aromatic heterocycles. The highest BCUT2D eigenvalue weighted by Gasteiger charge is 2.28. The number of hydrogen-bond donors (Lipinski definition) is 3. The largest absolute Gasteiger partial charge is 0.480 e. The van der Waals surface area contributed by atoms with Gasteiger partial charge in [0.05, 0.1) is 0 Å². The maximum Gasteiger partial charge on any atom is 0.328 e. The molecule has 0 unspecified atom stereocenters. The van der Waals surface area contributed by atoms with Crippen LogP contribution in [-0.4, -0.2) is 29.2 Å². The van der Waals surface area contributed by atoms with Crippen molar-refractivity contribution in [2.45, 2.75) is 39.2 Å². The summed E-state index contributed by atoms with van der Waals surface area (Å²) in [6.07, 6.45) is 1.88. The molecule has 0 fully saturated rings. The molecule has 0 saturated heterocycles.